The van der Waals surface area contributed by atoms with Crippen LogP contribution in [0.5, 0.6) is 5.75 Å². The van der Waals surface area contributed by atoms with E-state index in [4.69, 9.17) is 23.2 Å². The van der Waals surface area contributed by atoms with E-state index in [2.05, 4.69) is 15.4 Å². The third-order valence-corrected chi connectivity index (χ3v) is 4.97. The Morgan fingerprint density at radius 3 is 2.60 bits per heavy atom. The van der Waals surface area contributed by atoms with Crippen LogP contribution in [-0.2, 0) is 15.1 Å². The molecule has 7 nitrogen and oxygen atoms in total. The molecule has 3 rings (SSSR count). The molecule has 0 aliphatic carbocycles. The van der Waals surface area contributed by atoms with Crippen LogP contribution in [0, 0.1) is 0 Å². The number of alkyl halides is 2. The Hall–Kier alpha value is -2.91. The number of urea groups is 1. The zero-order valence-corrected chi connectivity index (χ0v) is 16.9. The fraction of sp³-hybridized carbons (Fsp3) is 0.211. The average molecular weight is 458 g/mol. The maximum atomic E-state index is 12.9. The predicted octanol–water partition coefficient (Wildman–Crippen LogP) is 4.00. The lowest BCUT2D eigenvalue weighted by Crippen LogP contribution is -2.42. The van der Waals surface area contributed by atoms with Crippen LogP contribution >= 0.6 is 23.2 Å². The molecule has 0 aromatic heterocycles. The van der Waals surface area contributed by atoms with Gasteiger partial charge in [0.15, 0.2) is 0 Å². The lowest BCUT2D eigenvalue weighted by Gasteiger charge is -2.23. The molecule has 1 aliphatic heterocycles. The molecule has 2 N–H and O–H groups in total. The zero-order valence-electron chi connectivity index (χ0n) is 15.4. The maximum Gasteiger partial charge on any atom is 0.387 e. The van der Waals surface area contributed by atoms with Gasteiger partial charge in [-0.15, -0.1) is 0 Å². The molecule has 4 amide bonds. The minimum atomic E-state index is -3.08. The molecule has 1 heterocycles. The van der Waals surface area contributed by atoms with Crippen molar-refractivity contribution < 1.29 is 27.9 Å². The molecule has 1 atom stereocenters. The van der Waals surface area contributed by atoms with E-state index in [0.717, 1.165) is 0 Å². The minimum Gasteiger partial charge on any atom is -0.433 e. The van der Waals surface area contributed by atoms with Crippen molar-refractivity contribution >= 4 is 46.7 Å². The van der Waals surface area contributed by atoms with Gasteiger partial charge in [0.2, 0.25) is 5.91 Å². The van der Waals surface area contributed by atoms with Crippen LogP contribution in [0.15, 0.2) is 42.5 Å². The molecule has 2 aromatic carbocycles. The predicted molar refractivity (Wildman–Crippen MR) is 106 cm³/mol. The lowest BCUT2D eigenvalue weighted by atomic mass is 9.92. The van der Waals surface area contributed by atoms with E-state index in [1.54, 1.807) is 0 Å². The van der Waals surface area contributed by atoms with E-state index in [1.165, 1.54) is 49.4 Å². The van der Waals surface area contributed by atoms with Crippen LogP contribution < -0.4 is 15.4 Å². The molecule has 158 valence electrons. The normalized spacial score (nSPS) is 18.5. The first-order chi connectivity index (χ1) is 14.1. The fourth-order valence-electron chi connectivity index (χ4n) is 3.02. The third-order valence-electron chi connectivity index (χ3n) is 4.42. The summed E-state index contributed by atoms with van der Waals surface area (Å²) in [6, 6.07) is 9.19. The van der Waals surface area contributed by atoms with Crippen molar-refractivity contribution in [2.45, 2.75) is 19.1 Å². The number of hydrogen-bond donors (Lipinski definition) is 2. The van der Waals surface area contributed by atoms with Gasteiger partial charge < -0.3 is 15.4 Å². The van der Waals surface area contributed by atoms with Gasteiger partial charge in [0.05, 0.1) is 5.69 Å². The molecule has 1 saturated heterocycles. The minimum absolute atomic E-state index is 0.0293. The average Bonchev–Trinajstić information content (AvgIpc) is 2.86. The number of nitrogens with zero attached hydrogens (tertiary/aromatic N) is 1. The number of carbonyl (C=O) groups is 3. The number of ether oxygens (including phenoxy) is 1. The van der Waals surface area contributed by atoms with Gasteiger partial charge in [-0.05, 0) is 31.2 Å². The Morgan fingerprint density at radius 1 is 1.23 bits per heavy atom. The second-order valence-corrected chi connectivity index (χ2v) is 7.34. The number of imide groups is 1. The van der Waals surface area contributed by atoms with Crippen molar-refractivity contribution in [3.8, 4) is 5.75 Å². The summed E-state index contributed by atoms with van der Waals surface area (Å²) in [5.41, 5.74) is -1.22. The SMILES string of the molecule is C[C@]1(c2ccc(Cl)cc2Cl)NC(=O)N(CC(=O)Nc2ccccc2OC(F)F)C1=O. The van der Waals surface area contributed by atoms with Crippen molar-refractivity contribution in [2.24, 2.45) is 0 Å². The zero-order chi connectivity index (χ0) is 22.1. The first-order valence-electron chi connectivity index (χ1n) is 8.55. The fourth-order valence-corrected chi connectivity index (χ4v) is 3.62. The number of nitrogens with one attached hydrogen (secondary N) is 2. The molecule has 11 heteroatoms. The van der Waals surface area contributed by atoms with Gasteiger partial charge in [0.25, 0.3) is 5.91 Å². The second kappa shape index (κ2) is 8.45. The van der Waals surface area contributed by atoms with Gasteiger partial charge in [-0.1, -0.05) is 41.4 Å². The van der Waals surface area contributed by atoms with Gasteiger partial charge in [-0.2, -0.15) is 8.78 Å². The van der Waals surface area contributed by atoms with E-state index in [-0.39, 0.29) is 16.5 Å². The first kappa shape index (κ1) is 21.8. The molecule has 0 radical (unpaired) electrons. The number of halogens is 4. The molecular weight excluding hydrogens is 443 g/mol. The van der Waals surface area contributed by atoms with Crippen molar-refractivity contribution in [3.63, 3.8) is 0 Å². The van der Waals surface area contributed by atoms with Crippen molar-refractivity contribution in [3.05, 3.63) is 58.1 Å². The smallest absolute Gasteiger partial charge is 0.387 e. The summed E-state index contributed by atoms with van der Waals surface area (Å²) < 4.78 is 29.4. The Kier molecular flexibility index (Phi) is 6.14. The van der Waals surface area contributed by atoms with E-state index in [0.29, 0.717) is 15.5 Å². The number of benzene rings is 2. The first-order valence-corrected chi connectivity index (χ1v) is 9.30. The Labute approximate surface area is 179 Å². The largest absolute Gasteiger partial charge is 0.433 e. The molecule has 0 spiro atoms. The summed E-state index contributed by atoms with van der Waals surface area (Å²) in [6.45, 7) is -2.28. The Morgan fingerprint density at radius 2 is 1.93 bits per heavy atom. The van der Waals surface area contributed by atoms with Crippen molar-refractivity contribution in [1.29, 1.82) is 0 Å². The summed E-state index contributed by atoms with van der Waals surface area (Å²) in [5, 5.41) is 5.40. The molecule has 30 heavy (non-hydrogen) atoms. The maximum absolute atomic E-state index is 12.9. The number of amides is 4. The topological polar surface area (TPSA) is 87.7 Å². The quantitative estimate of drug-likeness (QED) is 0.641. The molecule has 0 saturated carbocycles. The third kappa shape index (κ3) is 4.31. The number of hydrogen-bond acceptors (Lipinski definition) is 4. The molecule has 0 bridgehead atoms. The van der Waals surface area contributed by atoms with Gasteiger partial charge in [0, 0.05) is 15.6 Å². The summed E-state index contributed by atoms with van der Waals surface area (Å²) in [5.74, 6) is -1.74. The van der Waals surface area contributed by atoms with E-state index in [1.807, 2.05) is 0 Å². The molecule has 0 unspecified atom stereocenters. The molecule has 1 fully saturated rings. The number of rotatable bonds is 6. The van der Waals surface area contributed by atoms with Crippen LogP contribution in [0.3, 0.4) is 0 Å². The monoisotopic (exact) mass is 457 g/mol. The van der Waals surface area contributed by atoms with E-state index >= 15 is 0 Å². The van der Waals surface area contributed by atoms with E-state index in [9.17, 15) is 23.2 Å². The van der Waals surface area contributed by atoms with Gasteiger partial charge in [-0.25, -0.2) is 4.79 Å². The molecular formula is C19H15Cl2F2N3O4. The highest BCUT2D eigenvalue weighted by Gasteiger charge is 2.50. The number of para-hydroxylation sites is 2. The summed E-state index contributed by atoms with van der Waals surface area (Å²) in [4.78, 5) is 38.4. The van der Waals surface area contributed by atoms with Crippen molar-refractivity contribution in [1.82, 2.24) is 10.2 Å². The standard InChI is InChI=1S/C19H15Cl2F2N3O4/c1-19(11-7-6-10(20)8-12(11)21)16(28)26(18(29)25-19)9-15(27)24-13-4-2-3-5-14(13)30-17(22)23/h2-8,17H,9H2,1H3,(H,24,27)(H,25,29)/t19-/m1/s1. The summed E-state index contributed by atoms with van der Waals surface area (Å²) in [6.07, 6.45) is 0. The molecule has 1 aliphatic rings. The van der Waals surface area contributed by atoms with Gasteiger partial charge in [-0.3, -0.25) is 14.5 Å². The summed E-state index contributed by atoms with van der Waals surface area (Å²) in [7, 11) is 0. The van der Waals surface area contributed by atoms with Crippen LogP contribution in [0.4, 0.5) is 19.3 Å². The van der Waals surface area contributed by atoms with Gasteiger partial charge in [0.1, 0.15) is 17.8 Å². The van der Waals surface area contributed by atoms with Crippen LogP contribution in [0.1, 0.15) is 12.5 Å². The van der Waals surface area contributed by atoms with E-state index < -0.39 is 36.5 Å². The highest BCUT2D eigenvalue weighted by Crippen LogP contribution is 2.35. The van der Waals surface area contributed by atoms with Crippen LogP contribution in [0.2, 0.25) is 10.0 Å². The van der Waals surface area contributed by atoms with Gasteiger partial charge >= 0.3 is 12.6 Å². The summed E-state index contributed by atoms with van der Waals surface area (Å²) >= 11 is 12.0. The Balaban J connectivity index is 1.77. The number of anilines is 1. The van der Waals surface area contributed by atoms with Crippen molar-refractivity contribution in [2.75, 3.05) is 11.9 Å². The lowest BCUT2D eigenvalue weighted by molar-refractivity contribution is -0.133. The highest BCUT2D eigenvalue weighted by molar-refractivity contribution is 6.35. The second-order valence-electron chi connectivity index (χ2n) is 6.49. The Bertz CT molecular complexity index is 1020. The number of carbonyl (C=O) groups excluding carboxylic acids is 3. The molecule has 2 aromatic rings. The van der Waals surface area contributed by atoms with Crippen LogP contribution in [-0.4, -0.2) is 35.9 Å². The van der Waals surface area contributed by atoms with Crippen LogP contribution in [0.25, 0.3) is 0 Å². The highest BCUT2D eigenvalue weighted by atomic mass is 35.5.